The number of benzene rings is 1. The molecular weight excluding hydrogens is 313 g/mol. The van der Waals surface area contributed by atoms with Gasteiger partial charge >= 0.3 is 6.18 Å². The summed E-state index contributed by atoms with van der Waals surface area (Å²) in [6.07, 6.45) is -1.59. The van der Waals surface area contributed by atoms with Gasteiger partial charge in [-0.3, -0.25) is 9.59 Å². The maximum Gasteiger partial charge on any atom is 0.416 e. The number of amides is 2. The molecular formula is C14H13F3N4O2. The lowest BCUT2D eigenvalue weighted by Crippen LogP contribution is -2.24. The van der Waals surface area contributed by atoms with Crippen LogP contribution in [0.25, 0.3) is 0 Å². The molecule has 0 fully saturated rings. The van der Waals surface area contributed by atoms with Crippen molar-refractivity contribution in [1.82, 2.24) is 15.3 Å². The van der Waals surface area contributed by atoms with Crippen molar-refractivity contribution >= 4 is 17.5 Å². The van der Waals surface area contributed by atoms with Gasteiger partial charge in [0, 0.05) is 30.6 Å². The number of aromatic nitrogens is 2. The fraction of sp³-hybridized carbons (Fsp3) is 0.214. The van der Waals surface area contributed by atoms with Crippen molar-refractivity contribution in [2.24, 2.45) is 0 Å². The molecule has 2 amide bonds. The Hall–Kier alpha value is -2.84. The first-order valence-corrected chi connectivity index (χ1v) is 6.52. The minimum Gasteiger partial charge on any atom is -0.347 e. The van der Waals surface area contributed by atoms with E-state index in [1.54, 1.807) is 6.20 Å². The molecule has 0 bridgehead atoms. The van der Waals surface area contributed by atoms with Crippen LogP contribution in [0, 0.1) is 0 Å². The van der Waals surface area contributed by atoms with E-state index in [4.69, 9.17) is 0 Å². The summed E-state index contributed by atoms with van der Waals surface area (Å²) in [5.41, 5.74) is -1.34. The van der Waals surface area contributed by atoms with E-state index in [1.807, 2.05) is 0 Å². The minimum atomic E-state index is -4.63. The molecule has 0 spiro atoms. The van der Waals surface area contributed by atoms with Crippen molar-refractivity contribution in [3.63, 3.8) is 0 Å². The summed E-state index contributed by atoms with van der Waals surface area (Å²) in [5, 5.41) is 4.69. The van der Waals surface area contributed by atoms with Crippen LogP contribution in [0.5, 0.6) is 0 Å². The lowest BCUT2D eigenvalue weighted by molar-refractivity contribution is -0.137. The molecule has 0 unspecified atom stereocenters. The van der Waals surface area contributed by atoms with E-state index in [2.05, 4.69) is 20.6 Å². The molecule has 1 aromatic heterocycles. The third kappa shape index (κ3) is 4.56. The van der Waals surface area contributed by atoms with Crippen LogP contribution >= 0.6 is 0 Å². The molecule has 0 aliphatic rings. The molecule has 9 heteroatoms. The van der Waals surface area contributed by atoms with Crippen LogP contribution in [-0.2, 0) is 17.5 Å². The molecule has 122 valence electrons. The monoisotopic (exact) mass is 326 g/mol. The lowest BCUT2D eigenvalue weighted by Gasteiger charge is -2.12. The van der Waals surface area contributed by atoms with Crippen molar-refractivity contribution in [1.29, 1.82) is 0 Å². The molecule has 0 aliphatic heterocycles. The maximum atomic E-state index is 12.9. The summed E-state index contributed by atoms with van der Waals surface area (Å²) in [5.74, 6) is -0.780. The minimum absolute atomic E-state index is 0.0392. The highest BCUT2D eigenvalue weighted by Gasteiger charge is 2.32. The van der Waals surface area contributed by atoms with Gasteiger partial charge < -0.3 is 15.6 Å². The second kappa shape index (κ2) is 6.51. The number of carbonyl (C=O) groups excluding carboxylic acids is 2. The zero-order valence-electron chi connectivity index (χ0n) is 12.0. The predicted molar refractivity (Wildman–Crippen MR) is 75.5 cm³/mol. The third-order valence-corrected chi connectivity index (χ3v) is 2.81. The molecule has 1 aromatic carbocycles. The SMILES string of the molecule is CC(=O)Nc1cc(C(=O)NCc2ncc[nH]2)cc(C(F)(F)F)c1. The Morgan fingerprint density at radius 3 is 2.57 bits per heavy atom. The van der Waals surface area contributed by atoms with E-state index in [9.17, 15) is 22.8 Å². The molecule has 3 N–H and O–H groups in total. The Morgan fingerprint density at radius 2 is 2.00 bits per heavy atom. The summed E-state index contributed by atoms with van der Waals surface area (Å²) >= 11 is 0. The molecule has 23 heavy (non-hydrogen) atoms. The molecule has 0 aliphatic carbocycles. The summed E-state index contributed by atoms with van der Waals surface area (Å²) in [6, 6.07) is 2.67. The van der Waals surface area contributed by atoms with Crippen LogP contribution < -0.4 is 10.6 Å². The van der Waals surface area contributed by atoms with Gasteiger partial charge in [-0.2, -0.15) is 13.2 Å². The number of H-pyrrole nitrogens is 1. The van der Waals surface area contributed by atoms with E-state index >= 15 is 0 Å². The second-order valence-corrected chi connectivity index (χ2v) is 4.70. The second-order valence-electron chi connectivity index (χ2n) is 4.70. The van der Waals surface area contributed by atoms with Gasteiger partial charge in [0.2, 0.25) is 5.91 Å². The van der Waals surface area contributed by atoms with Gasteiger partial charge in [0.25, 0.3) is 5.91 Å². The number of nitrogens with one attached hydrogen (secondary N) is 3. The number of anilines is 1. The van der Waals surface area contributed by atoms with Crippen LogP contribution in [-0.4, -0.2) is 21.8 Å². The first-order chi connectivity index (χ1) is 10.8. The molecule has 2 aromatic rings. The van der Waals surface area contributed by atoms with Crippen molar-refractivity contribution in [2.75, 3.05) is 5.32 Å². The summed E-state index contributed by atoms with van der Waals surface area (Å²) in [6.45, 7) is 1.20. The number of rotatable bonds is 4. The molecule has 0 saturated heterocycles. The normalized spacial score (nSPS) is 11.1. The van der Waals surface area contributed by atoms with Crippen LogP contribution in [0.15, 0.2) is 30.6 Å². The number of halogens is 3. The Balaban J connectivity index is 2.24. The maximum absolute atomic E-state index is 12.9. The van der Waals surface area contributed by atoms with Gasteiger partial charge in [-0.25, -0.2) is 4.98 Å². The Bertz CT molecular complexity index is 711. The third-order valence-electron chi connectivity index (χ3n) is 2.81. The highest BCUT2D eigenvalue weighted by atomic mass is 19.4. The first-order valence-electron chi connectivity index (χ1n) is 6.52. The summed E-state index contributed by atoms with van der Waals surface area (Å²) in [4.78, 5) is 29.7. The Morgan fingerprint density at radius 1 is 1.26 bits per heavy atom. The van der Waals surface area contributed by atoms with E-state index < -0.39 is 23.6 Å². The average Bonchev–Trinajstić information content (AvgIpc) is 2.96. The van der Waals surface area contributed by atoms with E-state index in [1.165, 1.54) is 12.3 Å². The molecule has 6 nitrogen and oxygen atoms in total. The van der Waals surface area contributed by atoms with Crippen LogP contribution in [0.2, 0.25) is 0 Å². The Labute approximate surface area is 129 Å². The standard InChI is InChI=1S/C14H13F3N4O2/c1-8(22)21-11-5-9(4-10(6-11)14(15,16)17)13(23)20-7-12-18-2-3-19-12/h2-6H,7H2,1H3,(H,18,19)(H,20,23)(H,21,22). The fourth-order valence-electron chi connectivity index (χ4n) is 1.86. The summed E-state index contributed by atoms with van der Waals surface area (Å²) in [7, 11) is 0. The topological polar surface area (TPSA) is 86.9 Å². The van der Waals surface area contributed by atoms with Gasteiger partial charge in [-0.05, 0) is 18.2 Å². The van der Waals surface area contributed by atoms with Crippen molar-refractivity contribution in [3.8, 4) is 0 Å². The highest BCUT2D eigenvalue weighted by Crippen LogP contribution is 2.32. The predicted octanol–water partition coefficient (Wildman–Crippen LogP) is 2.32. The number of alkyl halides is 3. The number of nitrogens with zero attached hydrogens (tertiary/aromatic N) is 1. The van der Waals surface area contributed by atoms with Crippen LogP contribution in [0.4, 0.5) is 18.9 Å². The summed E-state index contributed by atoms with van der Waals surface area (Å²) < 4.78 is 38.7. The Kier molecular flexibility index (Phi) is 4.68. The van der Waals surface area contributed by atoms with E-state index in [0.717, 1.165) is 19.1 Å². The quantitative estimate of drug-likeness (QED) is 0.806. The highest BCUT2D eigenvalue weighted by molar-refractivity contribution is 5.97. The van der Waals surface area contributed by atoms with E-state index in [-0.39, 0.29) is 17.8 Å². The average molecular weight is 326 g/mol. The number of imidazole rings is 1. The van der Waals surface area contributed by atoms with E-state index in [0.29, 0.717) is 5.82 Å². The van der Waals surface area contributed by atoms with Crippen LogP contribution in [0.1, 0.15) is 28.7 Å². The van der Waals surface area contributed by atoms with Gasteiger partial charge in [0.05, 0.1) is 12.1 Å². The van der Waals surface area contributed by atoms with Gasteiger partial charge in [0.1, 0.15) is 5.82 Å². The molecule has 0 saturated carbocycles. The smallest absolute Gasteiger partial charge is 0.347 e. The number of hydrogen-bond donors (Lipinski definition) is 3. The van der Waals surface area contributed by atoms with Crippen molar-refractivity contribution < 1.29 is 22.8 Å². The van der Waals surface area contributed by atoms with Gasteiger partial charge in [-0.1, -0.05) is 0 Å². The fourth-order valence-corrected chi connectivity index (χ4v) is 1.86. The largest absolute Gasteiger partial charge is 0.416 e. The van der Waals surface area contributed by atoms with Crippen LogP contribution in [0.3, 0.4) is 0 Å². The zero-order chi connectivity index (χ0) is 17.0. The number of carbonyl (C=O) groups is 2. The zero-order valence-corrected chi connectivity index (χ0v) is 12.0. The first kappa shape index (κ1) is 16.5. The molecule has 0 atom stereocenters. The van der Waals surface area contributed by atoms with Gasteiger partial charge in [-0.15, -0.1) is 0 Å². The molecule has 1 heterocycles. The number of aromatic amines is 1. The van der Waals surface area contributed by atoms with Gasteiger partial charge in [0.15, 0.2) is 0 Å². The number of hydrogen-bond acceptors (Lipinski definition) is 3. The van der Waals surface area contributed by atoms with Crippen molar-refractivity contribution in [3.05, 3.63) is 47.5 Å². The lowest BCUT2D eigenvalue weighted by atomic mass is 10.1. The van der Waals surface area contributed by atoms with Crippen molar-refractivity contribution in [2.45, 2.75) is 19.6 Å². The molecule has 2 rings (SSSR count). The molecule has 0 radical (unpaired) electrons.